The molecule has 19 heavy (non-hydrogen) atoms. The van der Waals surface area contributed by atoms with Crippen molar-refractivity contribution in [2.24, 2.45) is 0 Å². The predicted octanol–water partition coefficient (Wildman–Crippen LogP) is 2.40. The molecule has 2 rings (SSSR count). The molecule has 0 spiro atoms. The predicted molar refractivity (Wildman–Crippen MR) is 70.3 cm³/mol. The molecule has 4 nitrogen and oxygen atoms in total. The van der Waals surface area contributed by atoms with Gasteiger partial charge in [0.2, 0.25) is 5.75 Å². The van der Waals surface area contributed by atoms with Crippen molar-refractivity contribution in [3.8, 4) is 5.75 Å². The fourth-order valence-electron chi connectivity index (χ4n) is 1.73. The smallest absolute Gasteiger partial charge is 0.297 e. The van der Waals surface area contributed by atoms with Crippen LogP contribution in [0.3, 0.4) is 0 Å². The lowest BCUT2D eigenvalue weighted by Crippen LogP contribution is -2.23. The van der Waals surface area contributed by atoms with Crippen molar-refractivity contribution >= 4 is 11.6 Å². The van der Waals surface area contributed by atoms with E-state index in [2.05, 4.69) is 4.98 Å². The first kappa shape index (κ1) is 13.5. The zero-order valence-electron chi connectivity index (χ0n) is 10.5. The molecule has 0 aliphatic carbocycles. The summed E-state index contributed by atoms with van der Waals surface area (Å²) in [6.07, 6.45) is 1.32. The van der Waals surface area contributed by atoms with Crippen LogP contribution < -0.4 is 10.3 Å². The highest BCUT2D eigenvalue weighted by Crippen LogP contribution is 2.16. The highest BCUT2D eigenvalue weighted by molar-refractivity contribution is 6.30. The van der Waals surface area contributed by atoms with Gasteiger partial charge >= 0.3 is 0 Å². The molecule has 0 aliphatic rings. The number of hydrogen-bond acceptors (Lipinski definition) is 3. The number of nitrogens with zero attached hydrogens (tertiary/aromatic N) is 2. The van der Waals surface area contributed by atoms with E-state index < -0.39 is 5.56 Å². The molecular weight excluding hydrogens is 271 g/mol. The molecular formula is C13H12ClFN2O2. The van der Waals surface area contributed by atoms with Crippen LogP contribution in [-0.4, -0.2) is 16.7 Å². The SMILES string of the molecule is COc1c(Cl)ncn(Cc2cc(F)ccc2C)c1=O. The Morgan fingerprint density at radius 1 is 1.47 bits per heavy atom. The second kappa shape index (κ2) is 5.40. The van der Waals surface area contributed by atoms with Crippen LogP contribution in [0.15, 0.2) is 29.3 Å². The highest BCUT2D eigenvalue weighted by Gasteiger charge is 2.11. The van der Waals surface area contributed by atoms with Crippen LogP contribution in [-0.2, 0) is 6.54 Å². The Balaban J connectivity index is 2.44. The second-order valence-corrected chi connectivity index (χ2v) is 4.43. The summed E-state index contributed by atoms with van der Waals surface area (Å²) in [6, 6.07) is 4.43. The Kier molecular flexibility index (Phi) is 3.85. The maximum absolute atomic E-state index is 13.2. The minimum Gasteiger partial charge on any atom is -0.489 e. The maximum atomic E-state index is 13.2. The largest absolute Gasteiger partial charge is 0.489 e. The average Bonchev–Trinajstić information content (AvgIpc) is 2.38. The highest BCUT2D eigenvalue weighted by atomic mass is 35.5. The number of methoxy groups -OCH3 is 1. The average molecular weight is 283 g/mol. The standard InChI is InChI=1S/C13H12ClFN2O2/c1-8-3-4-10(15)5-9(8)6-17-7-16-12(14)11(19-2)13(17)18/h3-5,7H,6H2,1-2H3. The first-order valence-electron chi connectivity index (χ1n) is 5.57. The number of ether oxygens (including phenoxy) is 1. The molecule has 0 saturated heterocycles. The van der Waals surface area contributed by atoms with E-state index in [1.807, 2.05) is 6.92 Å². The summed E-state index contributed by atoms with van der Waals surface area (Å²) < 4.78 is 19.4. The van der Waals surface area contributed by atoms with Gasteiger partial charge in [-0.15, -0.1) is 0 Å². The third kappa shape index (κ3) is 2.76. The van der Waals surface area contributed by atoms with Crippen molar-refractivity contribution < 1.29 is 9.13 Å². The van der Waals surface area contributed by atoms with E-state index in [1.165, 1.54) is 30.1 Å². The van der Waals surface area contributed by atoms with Crippen LogP contribution in [0.4, 0.5) is 4.39 Å². The van der Waals surface area contributed by atoms with E-state index >= 15 is 0 Å². The topological polar surface area (TPSA) is 44.1 Å². The number of rotatable bonds is 3. The summed E-state index contributed by atoms with van der Waals surface area (Å²) in [4.78, 5) is 15.9. The molecule has 1 aromatic carbocycles. The van der Waals surface area contributed by atoms with Gasteiger partial charge in [0.1, 0.15) is 5.82 Å². The van der Waals surface area contributed by atoms with Gasteiger partial charge in [-0.25, -0.2) is 9.37 Å². The molecule has 0 unspecified atom stereocenters. The second-order valence-electron chi connectivity index (χ2n) is 4.07. The van der Waals surface area contributed by atoms with Crippen molar-refractivity contribution in [3.05, 3.63) is 57.0 Å². The van der Waals surface area contributed by atoms with Crippen molar-refractivity contribution in [1.29, 1.82) is 0 Å². The normalized spacial score (nSPS) is 10.5. The first-order valence-corrected chi connectivity index (χ1v) is 5.94. The van der Waals surface area contributed by atoms with E-state index in [9.17, 15) is 9.18 Å². The van der Waals surface area contributed by atoms with Gasteiger partial charge in [0.05, 0.1) is 20.0 Å². The van der Waals surface area contributed by atoms with Crippen LogP contribution in [0.25, 0.3) is 0 Å². The van der Waals surface area contributed by atoms with E-state index in [-0.39, 0.29) is 23.3 Å². The summed E-state index contributed by atoms with van der Waals surface area (Å²) in [6.45, 7) is 2.06. The quantitative estimate of drug-likeness (QED) is 0.812. The van der Waals surface area contributed by atoms with Gasteiger partial charge in [-0.05, 0) is 30.2 Å². The lowest BCUT2D eigenvalue weighted by Gasteiger charge is -2.10. The van der Waals surface area contributed by atoms with Gasteiger partial charge in [-0.1, -0.05) is 17.7 Å². The Labute approximate surface area is 114 Å². The number of halogens is 2. The van der Waals surface area contributed by atoms with Crippen molar-refractivity contribution in [2.45, 2.75) is 13.5 Å². The van der Waals surface area contributed by atoms with Crippen LogP contribution in [0.2, 0.25) is 5.15 Å². The molecule has 100 valence electrons. The molecule has 2 aromatic rings. The zero-order chi connectivity index (χ0) is 14.0. The number of benzene rings is 1. The summed E-state index contributed by atoms with van der Waals surface area (Å²) in [5.41, 5.74) is 1.20. The third-order valence-corrected chi connectivity index (χ3v) is 3.08. The number of aromatic nitrogens is 2. The monoisotopic (exact) mass is 282 g/mol. The van der Waals surface area contributed by atoms with Crippen LogP contribution in [0, 0.1) is 12.7 Å². The van der Waals surface area contributed by atoms with Gasteiger partial charge in [0.25, 0.3) is 5.56 Å². The van der Waals surface area contributed by atoms with E-state index in [0.717, 1.165) is 5.56 Å². The zero-order valence-corrected chi connectivity index (χ0v) is 11.2. The lowest BCUT2D eigenvalue weighted by atomic mass is 10.1. The molecule has 6 heteroatoms. The molecule has 0 atom stereocenters. The minimum absolute atomic E-state index is 0.0136. The van der Waals surface area contributed by atoms with Crippen molar-refractivity contribution in [1.82, 2.24) is 9.55 Å². The Morgan fingerprint density at radius 3 is 2.89 bits per heavy atom. The van der Waals surface area contributed by atoms with E-state index in [1.54, 1.807) is 6.07 Å². The van der Waals surface area contributed by atoms with Crippen LogP contribution >= 0.6 is 11.6 Å². The summed E-state index contributed by atoms with van der Waals surface area (Å²) in [7, 11) is 1.35. The van der Waals surface area contributed by atoms with Gasteiger partial charge in [-0.2, -0.15) is 0 Å². The summed E-state index contributed by atoms with van der Waals surface area (Å²) in [5, 5.41) is 0.0136. The van der Waals surface area contributed by atoms with Crippen molar-refractivity contribution in [2.75, 3.05) is 7.11 Å². The molecule has 0 bridgehead atoms. The minimum atomic E-state index is -0.397. The molecule has 0 amide bonds. The first-order chi connectivity index (χ1) is 9.02. The van der Waals surface area contributed by atoms with Gasteiger partial charge in [-0.3, -0.25) is 9.36 Å². The summed E-state index contributed by atoms with van der Waals surface area (Å²) in [5.74, 6) is -0.360. The Hall–Kier alpha value is -1.88. The van der Waals surface area contributed by atoms with Gasteiger partial charge in [0, 0.05) is 0 Å². The number of aryl methyl sites for hydroxylation is 1. The molecule has 1 aromatic heterocycles. The number of hydrogen-bond donors (Lipinski definition) is 0. The fraction of sp³-hybridized carbons (Fsp3) is 0.231. The molecule has 0 fully saturated rings. The Morgan fingerprint density at radius 2 is 2.21 bits per heavy atom. The van der Waals surface area contributed by atoms with Gasteiger partial charge < -0.3 is 4.74 Å². The van der Waals surface area contributed by atoms with Crippen LogP contribution in [0.5, 0.6) is 5.75 Å². The molecule has 0 saturated carbocycles. The molecule has 1 heterocycles. The fourth-order valence-corrected chi connectivity index (χ4v) is 1.93. The molecule has 0 aliphatic heterocycles. The van der Waals surface area contributed by atoms with Crippen LogP contribution in [0.1, 0.15) is 11.1 Å². The lowest BCUT2D eigenvalue weighted by molar-refractivity contribution is 0.400. The summed E-state index contributed by atoms with van der Waals surface area (Å²) >= 11 is 5.75. The maximum Gasteiger partial charge on any atom is 0.297 e. The third-order valence-electron chi connectivity index (χ3n) is 2.81. The Bertz CT molecular complexity index is 670. The van der Waals surface area contributed by atoms with Crippen molar-refractivity contribution in [3.63, 3.8) is 0 Å². The van der Waals surface area contributed by atoms with Gasteiger partial charge in [0.15, 0.2) is 5.15 Å². The van der Waals surface area contributed by atoms with E-state index in [0.29, 0.717) is 5.56 Å². The molecule has 0 radical (unpaired) electrons. The molecule has 0 N–H and O–H groups in total. The van der Waals surface area contributed by atoms with E-state index in [4.69, 9.17) is 16.3 Å².